The maximum atomic E-state index is 6.07. The molecule has 0 amide bonds. The molecule has 1 unspecified atom stereocenters. The maximum Gasteiger partial charge on any atom is 0.179 e. The predicted molar refractivity (Wildman–Crippen MR) is 94.8 cm³/mol. The minimum Gasteiger partial charge on any atom is -0.363 e. The fourth-order valence-corrected chi connectivity index (χ4v) is 3.13. The third kappa shape index (κ3) is 2.99. The number of pyridine rings is 1. The molecule has 2 N–H and O–H groups in total. The summed E-state index contributed by atoms with van der Waals surface area (Å²) in [5.41, 5.74) is 3.53. The van der Waals surface area contributed by atoms with Crippen LogP contribution in [0, 0.1) is 0 Å². The van der Waals surface area contributed by atoms with Crippen molar-refractivity contribution in [3.63, 3.8) is 0 Å². The van der Waals surface area contributed by atoms with E-state index in [2.05, 4.69) is 20.6 Å². The molecule has 0 aliphatic carbocycles. The van der Waals surface area contributed by atoms with Crippen LogP contribution in [0.5, 0.6) is 0 Å². The van der Waals surface area contributed by atoms with Crippen LogP contribution in [0.1, 0.15) is 30.0 Å². The lowest BCUT2D eigenvalue weighted by molar-refractivity contribution is 0.454. The van der Waals surface area contributed by atoms with Crippen LogP contribution in [-0.4, -0.2) is 40.3 Å². The lowest BCUT2D eigenvalue weighted by Gasteiger charge is -2.23. The number of imidazole rings is 1. The third-order valence-corrected chi connectivity index (χ3v) is 4.44. The SMILES string of the molecule is [B]c1cnc2c(NCc3cccnc3)nc(C3CCCNC3)cn12. The van der Waals surface area contributed by atoms with Crippen LogP contribution < -0.4 is 16.2 Å². The van der Waals surface area contributed by atoms with Gasteiger partial charge >= 0.3 is 0 Å². The second-order valence-electron chi connectivity index (χ2n) is 6.15. The molecule has 3 aromatic rings. The fourth-order valence-electron chi connectivity index (χ4n) is 3.13. The molecule has 1 atom stereocenters. The van der Waals surface area contributed by atoms with Crippen molar-refractivity contribution in [2.45, 2.75) is 25.3 Å². The number of nitrogens with one attached hydrogen (secondary N) is 2. The summed E-state index contributed by atoms with van der Waals surface area (Å²) in [5.74, 6) is 1.17. The zero-order valence-electron chi connectivity index (χ0n) is 13.4. The van der Waals surface area contributed by atoms with Crippen LogP contribution in [0.2, 0.25) is 0 Å². The quantitative estimate of drug-likeness (QED) is 0.703. The summed E-state index contributed by atoms with van der Waals surface area (Å²) in [4.78, 5) is 13.4. The molecule has 24 heavy (non-hydrogen) atoms. The normalized spacial score (nSPS) is 17.9. The molecule has 120 valence electrons. The van der Waals surface area contributed by atoms with Crippen molar-refractivity contribution in [2.75, 3.05) is 18.4 Å². The maximum absolute atomic E-state index is 6.07. The molecular weight excluding hydrogens is 299 g/mol. The van der Waals surface area contributed by atoms with Gasteiger partial charge in [-0.1, -0.05) is 6.07 Å². The minimum absolute atomic E-state index is 0.406. The van der Waals surface area contributed by atoms with Gasteiger partial charge in [0.2, 0.25) is 0 Å². The number of hydrogen-bond donors (Lipinski definition) is 2. The minimum atomic E-state index is 0.406. The van der Waals surface area contributed by atoms with E-state index < -0.39 is 0 Å². The summed E-state index contributed by atoms with van der Waals surface area (Å²) >= 11 is 0. The standard InChI is InChI=1S/C17H19BN6/c18-15-10-22-17-16(21-8-12-3-1-5-19-7-12)23-14(11-24(15)17)13-4-2-6-20-9-13/h1,3,5,7,10-11,13,20H,2,4,6,8-9H2,(H,21,23). The summed E-state index contributed by atoms with van der Waals surface area (Å²) in [6, 6.07) is 3.96. The van der Waals surface area contributed by atoms with Crippen molar-refractivity contribution < 1.29 is 0 Å². The van der Waals surface area contributed by atoms with E-state index in [1.165, 1.54) is 6.42 Å². The van der Waals surface area contributed by atoms with Gasteiger partial charge in [-0.25, -0.2) is 9.97 Å². The van der Waals surface area contributed by atoms with Crippen LogP contribution in [0.25, 0.3) is 5.65 Å². The van der Waals surface area contributed by atoms with E-state index in [4.69, 9.17) is 12.8 Å². The number of piperidine rings is 1. The van der Waals surface area contributed by atoms with Crippen LogP contribution >= 0.6 is 0 Å². The highest BCUT2D eigenvalue weighted by Gasteiger charge is 2.19. The summed E-state index contributed by atoms with van der Waals surface area (Å²) in [7, 11) is 6.07. The molecule has 0 aromatic carbocycles. The molecule has 4 heterocycles. The Hall–Kier alpha value is -2.41. The van der Waals surface area contributed by atoms with Gasteiger partial charge in [0.15, 0.2) is 11.5 Å². The number of nitrogens with zero attached hydrogens (tertiary/aromatic N) is 4. The van der Waals surface area contributed by atoms with Crippen LogP contribution in [0.3, 0.4) is 0 Å². The van der Waals surface area contributed by atoms with Gasteiger partial charge in [0.05, 0.1) is 5.69 Å². The molecule has 1 fully saturated rings. The van der Waals surface area contributed by atoms with Crippen molar-refractivity contribution in [1.82, 2.24) is 24.7 Å². The van der Waals surface area contributed by atoms with Gasteiger partial charge < -0.3 is 15.0 Å². The topological polar surface area (TPSA) is 67.1 Å². The Balaban J connectivity index is 1.67. The Morgan fingerprint density at radius 2 is 2.33 bits per heavy atom. The Kier molecular flexibility index (Phi) is 4.17. The zero-order chi connectivity index (χ0) is 16.4. The lowest BCUT2D eigenvalue weighted by Crippen LogP contribution is -2.29. The Labute approximate surface area is 142 Å². The summed E-state index contributed by atoms with van der Waals surface area (Å²) in [6.45, 7) is 2.68. The van der Waals surface area contributed by atoms with Crippen LogP contribution in [0.4, 0.5) is 5.82 Å². The summed E-state index contributed by atoms with van der Waals surface area (Å²) < 4.78 is 1.92. The molecule has 0 spiro atoms. The van der Waals surface area contributed by atoms with Gasteiger partial charge in [0.1, 0.15) is 7.85 Å². The van der Waals surface area contributed by atoms with E-state index in [0.717, 1.165) is 42.2 Å². The van der Waals surface area contributed by atoms with Crippen molar-refractivity contribution in [3.8, 4) is 0 Å². The van der Waals surface area contributed by atoms with E-state index >= 15 is 0 Å². The van der Waals surface area contributed by atoms with Crippen molar-refractivity contribution in [2.24, 2.45) is 0 Å². The first-order chi connectivity index (χ1) is 11.8. The van der Waals surface area contributed by atoms with Gasteiger partial charge in [0.25, 0.3) is 0 Å². The average molecular weight is 318 g/mol. The highest BCUT2D eigenvalue weighted by atomic mass is 15.1. The lowest BCUT2D eigenvalue weighted by atomic mass is 9.96. The van der Waals surface area contributed by atoms with Crippen molar-refractivity contribution in [1.29, 1.82) is 0 Å². The molecule has 1 aliphatic rings. The number of aromatic nitrogens is 4. The second-order valence-corrected chi connectivity index (χ2v) is 6.15. The largest absolute Gasteiger partial charge is 0.363 e. The molecule has 6 nitrogen and oxygen atoms in total. The van der Waals surface area contributed by atoms with Gasteiger partial charge in [-0.05, 0) is 36.6 Å². The number of hydrogen-bond acceptors (Lipinski definition) is 5. The first-order valence-electron chi connectivity index (χ1n) is 8.28. The molecule has 0 saturated carbocycles. The molecule has 4 rings (SSSR count). The highest BCUT2D eigenvalue weighted by molar-refractivity contribution is 6.31. The van der Waals surface area contributed by atoms with Gasteiger partial charge in [0, 0.05) is 43.8 Å². The second kappa shape index (κ2) is 6.61. The van der Waals surface area contributed by atoms with Crippen molar-refractivity contribution >= 4 is 24.9 Å². The average Bonchev–Trinajstić information content (AvgIpc) is 3.02. The predicted octanol–water partition coefficient (Wildman–Crippen LogP) is 0.997. The van der Waals surface area contributed by atoms with Crippen molar-refractivity contribution in [3.05, 3.63) is 48.2 Å². The highest BCUT2D eigenvalue weighted by Crippen LogP contribution is 2.24. The molecule has 2 radical (unpaired) electrons. The molecule has 1 aliphatic heterocycles. The van der Waals surface area contributed by atoms with E-state index in [9.17, 15) is 0 Å². The molecule has 3 aromatic heterocycles. The number of rotatable bonds is 4. The molecular formula is C17H19BN6. The van der Waals surface area contributed by atoms with Gasteiger partial charge in [-0.15, -0.1) is 0 Å². The zero-order valence-corrected chi connectivity index (χ0v) is 13.4. The van der Waals surface area contributed by atoms with Crippen LogP contribution in [0.15, 0.2) is 36.9 Å². The number of fused-ring (bicyclic) bond motifs is 1. The number of anilines is 1. The van der Waals surface area contributed by atoms with E-state index in [1.807, 2.05) is 28.9 Å². The Bertz CT molecular complexity index is 826. The molecule has 0 bridgehead atoms. The third-order valence-electron chi connectivity index (χ3n) is 4.44. The summed E-state index contributed by atoms with van der Waals surface area (Å²) in [5, 5.41) is 6.83. The monoisotopic (exact) mass is 318 g/mol. The van der Waals surface area contributed by atoms with E-state index in [1.54, 1.807) is 12.4 Å². The summed E-state index contributed by atoms with van der Waals surface area (Å²) in [6.07, 6.45) is 9.62. The van der Waals surface area contributed by atoms with Crippen LogP contribution in [-0.2, 0) is 6.54 Å². The van der Waals surface area contributed by atoms with E-state index in [0.29, 0.717) is 18.1 Å². The smallest absolute Gasteiger partial charge is 0.179 e. The van der Waals surface area contributed by atoms with Gasteiger partial charge in [-0.2, -0.15) is 0 Å². The van der Waals surface area contributed by atoms with Gasteiger partial charge in [-0.3, -0.25) is 4.98 Å². The fraction of sp³-hybridized carbons (Fsp3) is 0.353. The van der Waals surface area contributed by atoms with E-state index in [-0.39, 0.29) is 0 Å². The molecule has 1 saturated heterocycles. The molecule has 7 heteroatoms. The first kappa shape index (κ1) is 15.1. The Morgan fingerprint density at radius 3 is 3.12 bits per heavy atom. The Morgan fingerprint density at radius 1 is 1.38 bits per heavy atom. The first-order valence-corrected chi connectivity index (χ1v) is 8.28.